The van der Waals surface area contributed by atoms with Gasteiger partial charge in [0.1, 0.15) is 0 Å². The Balaban J connectivity index is 1.74. The summed E-state index contributed by atoms with van der Waals surface area (Å²) in [6, 6.07) is 6.31. The van der Waals surface area contributed by atoms with Gasteiger partial charge in [-0.25, -0.2) is 8.42 Å². The number of hydrogen-bond acceptors (Lipinski definition) is 4. The zero-order valence-electron chi connectivity index (χ0n) is 14.0. The summed E-state index contributed by atoms with van der Waals surface area (Å²) in [4.78, 5) is 14.4. The number of piperidine rings is 1. The molecule has 1 atom stereocenters. The van der Waals surface area contributed by atoms with E-state index in [1.54, 1.807) is 33.5 Å². The molecule has 1 aromatic carbocycles. The molecule has 132 valence electrons. The first-order chi connectivity index (χ1) is 11.5. The molecule has 0 spiro atoms. The fourth-order valence-electron chi connectivity index (χ4n) is 3.23. The second kappa shape index (κ2) is 7.21. The molecule has 24 heavy (non-hydrogen) atoms. The average Bonchev–Trinajstić information content (AvgIpc) is 2.62. The predicted molar refractivity (Wildman–Crippen MR) is 90.3 cm³/mol. The van der Waals surface area contributed by atoms with Gasteiger partial charge in [0.2, 0.25) is 10.0 Å². The second-order valence-electron chi connectivity index (χ2n) is 6.54. The minimum absolute atomic E-state index is 0.0751. The fourth-order valence-corrected chi connectivity index (χ4v) is 4.83. The third-order valence-corrected chi connectivity index (χ3v) is 6.54. The molecule has 3 rings (SSSR count). The molecule has 0 aromatic heterocycles. The third-order valence-electron chi connectivity index (χ3n) is 4.66. The molecule has 2 saturated heterocycles. The highest BCUT2D eigenvalue weighted by atomic mass is 32.2. The number of amides is 1. The van der Waals surface area contributed by atoms with Crippen LogP contribution >= 0.6 is 0 Å². The van der Waals surface area contributed by atoms with E-state index in [4.69, 9.17) is 4.74 Å². The summed E-state index contributed by atoms with van der Waals surface area (Å²) in [5, 5.41) is 0. The fraction of sp³-hybridized carbons (Fsp3) is 0.588. The van der Waals surface area contributed by atoms with Gasteiger partial charge in [-0.2, -0.15) is 4.31 Å². The molecular weight excluding hydrogens is 328 g/mol. The van der Waals surface area contributed by atoms with Gasteiger partial charge >= 0.3 is 0 Å². The quantitative estimate of drug-likeness (QED) is 0.828. The zero-order chi connectivity index (χ0) is 17.2. The minimum Gasteiger partial charge on any atom is -0.378 e. The summed E-state index contributed by atoms with van der Waals surface area (Å²) in [7, 11) is -3.47. The van der Waals surface area contributed by atoms with Crippen molar-refractivity contribution in [1.29, 1.82) is 0 Å². The van der Waals surface area contributed by atoms with E-state index in [0.29, 0.717) is 50.9 Å². The maximum Gasteiger partial charge on any atom is 0.254 e. The van der Waals surface area contributed by atoms with Crippen molar-refractivity contribution >= 4 is 15.9 Å². The maximum atomic E-state index is 12.7. The van der Waals surface area contributed by atoms with Gasteiger partial charge in [-0.3, -0.25) is 4.79 Å². The summed E-state index contributed by atoms with van der Waals surface area (Å²) in [6.45, 7) is 5.45. The monoisotopic (exact) mass is 352 g/mol. The van der Waals surface area contributed by atoms with Crippen molar-refractivity contribution in [3.63, 3.8) is 0 Å². The van der Waals surface area contributed by atoms with Crippen LogP contribution in [0, 0.1) is 5.92 Å². The number of carbonyl (C=O) groups is 1. The van der Waals surface area contributed by atoms with E-state index in [1.807, 2.05) is 0 Å². The molecule has 1 aromatic rings. The Kier molecular flexibility index (Phi) is 5.22. The van der Waals surface area contributed by atoms with Gasteiger partial charge in [0.05, 0.1) is 18.1 Å². The van der Waals surface area contributed by atoms with Crippen molar-refractivity contribution in [3.05, 3.63) is 29.8 Å². The van der Waals surface area contributed by atoms with Crippen LogP contribution in [0.5, 0.6) is 0 Å². The number of carbonyl (C=O) groups excluding carboxylic acids is 1. The van der Waals surface area contributed by atoms with Crippen molar-refractivity contribution in [2.75, 3.05) is 39.4 Å². The van der Waals surface area contributed by atoms with E-state index in [1.165, 1.54) is 0 Å². The summed E-state index contributed by atoms with van der Waals surface area (Å²) in [6.07, 6.45) is 1.97. The van der Waals surface area contributed by atoms with E-state index in [2.05, 4.69) is 6.92 Å². The molecule has 0 aliphatic carbocycles. The molecule has 7 heteroatoms. The predicted octanol–water partition coefficient (Wildman–Crippen LogP) is 1.58. The van der Waals surface area contributed by atoms with Gasteiger partial charge in [-0.15, -0.1) is 0 Å². The van der Waals surface area contributed by atoms with Gasteiger partial charge in [0.25, 0.3) is 5.91 Å². The Labute approximate surface area is 143 Å². The topological polar surface area (TPSA) is 66.9 Å². The maximum absolute atomic E-state index is 12.7. The summed E-state index contributed by atoms with van der Waals surface area (Å²) in [5.41, 5.74) is 0.517. The van der Waals surface area contributed by atoms with Crippen molar-refractivity contribution in [3.8, 4) is 0 Å². The molecule has 0 radical (unpaired) electrons. The van der Waals surface area contributed by atoms with Crippen LogP contribution in [0.4, 0.5) is 0 Å². The number of benzene rings is 1. The lowest BCUT2D eigenvalue weighted by Gasteiger charge is -2.30. The first kappa shape index (κ1) is 17.4. The van der Waals surface area contributed by atoms with Crippen LogP contribution in [-0.2, 0) is 14.8 Å². The molecule has 0 N–H and O–H groups in total. The van der Waals surface area contributed by atoms with Gasteiger partial charge < -0.3 is 9.64 Å². The van der Waals surface area contributed by atoms with E-state index in [9.17, 15) is 13.2 Å². The molecule has 0 bridgehead atoms. The molecule has 1 amide bonds. The van der Waals surface area contributed by atoms with Crippen molar-refractivity contribution in [1.82, 2.24) is 9.21 Å². The largest absolute Gasteiger partial charge is 0.378 e. The number of morpholine rings is 1. The SMILES string of the molecule is CC1CCCN(S(=O)(=O)c2ccc(C(=O)N3CCOCC3)cc2)C1. The Bertz CT molecular complexity index is 681. The van der Waals surface area contributed by atoms with E-state index in [-0.39, 0.29) is 10.8 Å². The van der Waals surface area contributed by atoms with Crippen LogP contribution in [0.3, 0.4) is 0 Å². The lowest BCUT2D eigenvalue weighted by Crippen LogP contribution is -2.40. The third kappa shape index (κ3) is 3.63. The lowest BCUT2D eigenvalue weighted by molar-refractivity contribution is 0.0303. The highest BCUT2D eigenvalue weighted by molar-refractivity contribution is 7.89. The van der Waals surface area contributed by atoms with Crippen LogP contribution < -0.4 is 0 Å². The highest BCUT2D eigenvalue weighted by Gasteiger charge is 2.29. The first-order valence-corrected chi connectivity index (χ1v) is 9.90. The molecule has 2 fully saturated rings. The molecule has 2 aliphatic heterocycles. The molecular formula is C17H24N2O4S. The Hall–Kier alpha value is -1.44. The normalized spacial score (nSPS) is 23.2. The van der Waals surface area contributed by atoms with Gasteiger partial charge in [-0.05, 0) is 43.0 Å². The number of hydrogen-bond donors (Lipinski definition) is 0. The number of ether oxygens (including phenoxy) is 1. The first-order valence-electron chi connectivity index (χ1n) is 8.46. The Morgan fingerprint density at radius 3 is 2.42 bits per heavy atom. The summed E-state index contributed by atoms with van der Waals surface area (Å²) in [5.74, 6) is 0.310. The Morgan fingerprint density at radius 2 is 1.79 bits per heavy atom. The van der Waals surface area contributed by atoms with Crippen molar-refractivity contribution < 1.29 is 17.9 Å². The second-order valence-corrected chi connectivity index (χ2v) is 8.48. The van der Waals surface area contributed by atoms with Crippen LogP contribution in [0.15, 0.2) is 29.2 Å². The zero-order valence-corrected chi connectivity index (χ0v) is 14.8. The van der Waals surface area contributed by atoms with Crippen LogP contribution in [0.2, 0.25) is 0 Å². The standard InChI is InChI=1S/C17H24N2O4S/c1-14-3-2-8-19(13-14)24(21,22)16-6-4-15(5-7-16)17(20)18-9-11-23-12-10-18/h4-7,14H,2-3,8-13H2,1H3. The number of sulfonamides is 1. The highest BCUT2D eigenvalue weighted by Crippen LogP contribution is 2.23. The van der Waals surface area contributed by atoms with E-state index < -0.39 is 10.0 Å². The molecule has 2 aliphatic rings. The lowest BCUT2D eigenvalue weighted by atomic mass is 10.0. The molecule has 0 saturated carbocycles. The van der Waals surface area contributed by atoms with Crippen molar-refractivity contribution in [2.24, 2.45) is 5.92 Å². The summed E-state index contributed by atoms with van der Waals surface area (Å²) < 4.78 is 32.3. The number of nitrogens with zero attached hydrogens (tertiary/aromatic N) is 2. The summed E-state index contributed by atoms with van der Waals surface area (Å²) >= 11 is 0. The number of rotatable bonds is 3. The van der Waals surface area contributed by atoms with Gasteiger partial charge in [-0.1, -0.05) is 6.92 Å². The minimum atomic E-state index is -3.47. The van der Waals surface area contributed by atoms with E-state index >= 15 is 0 Å². The average molecular weight is 352 g/mol. The van der Waals surface area contributed by atoms with Crippen LogP contribution in [-0.4, -0.2) is 62.9 Å². The van der Waals surface area contributed by atoms with Gasteiger partial charge in [0, 0.05) is 31.7 Å². The van der Waals surface area contributed by atoms with Crippen LogP contribution in [0.25, 0.3) is 0 Å². The van der Waals surface area contributed by atoms with Gasteiger partial charge in [0.15, 0.2) is 0 Å². The molecule has 1 unspecified atom stereocenters. The Morgan fingerprint density at radius 1 is 1.12 bits per heavy atom. The smallest absolute Gasteiger partial charge is 0.254 e. The van der Waals surface area contributed by atoms with E-state index in [0.717, 1.165) is 12.8 Å². The molecule has 2 heterocycles. The van der Waals surface area contributed by atoms with Crippen LogP contribution in [0.1, 0.15) is 30.1 Å². The van der Waals surface area contributed by atoms with Crippen molar-refractivity contribution in [2.45, 2.75) is 24.7 Å². The molecule has 6 nitrogen and oxygen atoms in total.